The molecular formula is C25H28NO6+. The molecule has 4 rings (SSSR count). The molecule has 7 heteroatoms. The number of nitrogens with one attached hydrogen (secondary N) is 1. The van der Waals surface area contributed by atoms with Crippen molar-refractivity contribution in [1.82, 2.24) is 0 Å². The molecule has 32 heavy (non-hydrogen) atoms. The van der Waals surface area contributed by atoms with Crippen LogP contribution >= 0.6 is 0 Å². The molecule has 1 aliphatic rings. The number of piperidine rings is 1. The van der Waals surface area contributed by atoms with E-state index in [-0.39, 0.29) is 16.9 Å². The largest absolute Gasteiger partial charge is 0.507 e. The van der Waals surface area contributed by atoms with Crippen LogP contribution in [0.25, 0.3) is 11.0 Å². The fraction of sp³-hybridized carbons (Fsp3) is 0.360. The molecule has 7 nitrogen and oxygen atoms in total. The Kier molecular flexibility index (Phi) is 6.75. The highest BCUT2D eigenvalue weighted by Gasteiger charge is 2.21. The Bertz CT molecular complexity index is 1150. The van der Waals surface area contributed by atoms with Gasteiger partial charge in [-0.25, -0.2) is 4.79 Å². The minimum absolute atomic E-state index is 0.0424. The number of quaternary nitrogens is 1. The van der Waals surface area contributed by atoms with Crippen LogP contribution in [0.1, 0.15) is 48.5 Å². The molecule has 1 saturated heterocycles. The van der Waals surface area contributed by atoms with Gasteiger partial charge in [0.05, 0.1) is 36.2 Å². The van der Waals surface area contributed by atoms with Gasteiger partial charge in [0.2, 0.25) is 11.2 Å². The fourth-order valence-electron chi connectivity index (χ4n) is 4.01. The summed E-state index contributed by atoms with van der Waals surface area (Å²) in [5, 5.41) is 10.8. The van der Waals surface area contributed by atoms with Crippen molar-refractivity contribution >= 4 is 16.9 Å². The quantitative estimate of drug-likeness (QED) is 0.550. The van der Waals surface area contributed by atoms with Crippen molar-refractivity contribution in [3.8, 4) is 17.2 Å². The molecule has 0 unspecified atom stereocenters. The van der Waals surface area contributed by atoms with Crippen LogP contribution in [0, 0.1) is 0 Å². The summed E-state index contributed by atoms with van der Waals surface area (Å²) >= 11 is 0. The second-order valence-electron chi connectivity index (χ2n) is 8.12. The Balaban J connectivity index is 1.56. The SMILES string of the molecule is CCCOC(=O)c1ccc(Oc2coc3c(C[NH+]4CCCCC4)c(O)ccc3c2=O)cc1. The molecule has 0 amide bonds. The van der Waals surface area contributed by atoms with E-state index in [4.69, 9.17) is 13.9 Å². The summed E-state index contributed by atoms with van der Waals surface area (Å²) in [6.07, 6.45) is 5.60. The van der Waals surface area contributed by atoms with Crippen LogP contribution in [0.5, 0.6) is 17.2 Å². The summed E-state index contributed by atoms with van der Waals surface area (Å²) in [4.78, 5) is 26.3. The van der Waals surface area contributed by atoms with Crippen LogP contribution in [0.2, 0.25) is 0 Å². The Morgan fingerprint density at radius 1 is 1.09 bits per heavy atom. The minimum atomic E-state index is -0.396. The van der Waals surface area contributed by atoms with Gasteiger partial charge in [0.25, 0.3) is 0 Å². The molecule has 0 saturated carbocycles. The summed E-state index contributed by atoms with van der Waals surface area (Å²) in [5.74, 6) is 0.186. The van der Waals surface area contributed by atoms with Crippen LogP contribution in [0.15, 0.2) is 51.9 Å². The predicted octanol–water partition coefficient (Wildman–Crippen LogP) is 3.43. The lowest BCUT2D eigenvalue weighted by atomic mass is 10.1. The number of hydrogen-bond donors (Lipinski definition) is 2. The van der Waals surface area contributed by atoms with Crippen molar-refractivity contribution < 1.29 is 28.7 Å². The van der Waals surface area contributed by atoms with Gasteiger partial charge >= 0.3 is 5.97 Å². The maximum atomic E-state index is 13.0. The summed E-state index contributed by atoms with van der Waals surface area (Å²) in [6.45, 7) is 5.00. The van der Waals surface area contributed by atoms with Crippen LogP contribution in [0.4, 0.5) is 0 Å². The van der Waals surface area contributed by atoms with Crippen molar-refractivity contribution in [3.05, 3.63) is 64.0 Å². The van der Waals surface area contributed by atoms with Crippen LogP contribution < -0.4 is 15.1 Å². The summed E-state index contributed by atoms with van der Waals surface area (Å²) in [5.41, 5.74) is 1.15. The predicted molar refractivity (Wildman–Crippen MR) is 119 cm³/mol. The zero-order valence-electron chi connectivity index (χ0n) is 18.2. The van der Waals surface area contributed by atoms with Gasteiger partial charge in [0.15, 0.2) is 5.58 Å². The number of carbonyl (C=O) groups excluding carboxylic acids is 1. The van der Waals surface area contributed by atoms with E-state index in [1.54, 1.807) is 36.4 Å². The minimum Gasteiger partial charge on any atom is -0.507 e. The van der Waals surface area contributed by atoms with E-state index in [0.717, 1.165) is 32.4 Å². The summed E-state index contributed by atoms with van der Waals surface area (Å²) < 4.78 is 16.6. The van der Waals surface area contributed by atoms with E-state index in [9.17, 15) is 14.7 Å². The number of aromatic hydroxyl groups is 1. The number of hydrogen-bond acceptors (Lipinski definition) is 6. The first-order valence-corrected chi connectivity index (χ1v) is 11.1. The highest BCUT2D eigenvalue weighted by molar-refractivity contribution is 5.89. The van der Waals surface area contributed by atoms with E-state index in [2.05, 4.69) is 0 Å². The van der Waals surface area contributed by atoms with E-state index < -0.39 is 5.97 Å². The van der Waals surface area contributed by atoms with Gasteiger partial charge in [-0.1, -0.05) is 6.92 Å². The molecule has 3 aromatic rings. The third-order valence-electron chi connectivity index (χ3n) is 5.73. The lowest BCUT2D eigenvalue weighted by Gasteiger charge is -2.24. The van der Waals surface area contributed by atoms with E-state index in [1.807, 2.05) is 6.92 Å². The Morgan fingerprint density at radius 2 is 1.84 bits per heavy atom. The van der Waals surface area contributed by atoms with Gasteiger partial charge < -0.3 is 23.9 Å². The first-order valence-electron chi connectivity index (χ1n) is 11.1. The molecule has 2 N–H and O–H groups in total. The Morgan fingerprint density at radius 3 is 2.56 bits per heavy atom. The van der Waals surface area contributed by atoms with Crippen LogP contribution in [-0.2, 0) is 11.3 Å². The molecule has 2 heterocycles. The third kappa shape index (κ3) is 4.78. The number of carbonyl (C=O) groups is 1. The van der Waals surface area contributed by atoms with Crippen molar-refractivity contribution in [2.75, 3.05) is 19.7 Å². The summed E-state index contributed by atoms with van der Waals surface area (Å²) in [6, 6.07) is 9.49. The smallest absolute Gasteiger partial charge is 0.338 e. The van der Waals surface area contributed by atoms with E-state index >= 15 is 0 Å². The Labute approximate surface area is 186 Å². The third-order valence-corrected chi connectivity index (χ3v) is 5.73. The number of phenols is 1. The van der Waals surface area contributed by atoms with Crippen molar-refractivity contribution in [1.29, 1.82) is 0 Å². The lowest BCUT2D eigenvalue weighted by Crippen LogP contribution is -3.11. The number of phenolic OH excluding ortho intramolecular Hbond substituents is 1. The number of likely N-dealkylation sites (tertiary alicyclic amines) is 1. The molecule has 0 atom stereocenters. The maximum Gasteiger partial charge on any atom is 0.338 e. The van der Waals surface area contributed by atoms with E-state index in [1.165, 1.54) is 17.6 Å². The molecular weight excluding hydrogens is 410 g/mol. The fourth-order valence-corrected chi connectivity index (χ4v) is 4.01. The van der Waals surface area contributed by atoms with Gasteiger partial charge in [-0.2, -0.15) is 0 Å². The molecule has 1 fully saturated rings. The average molecular weight is 439 g/mol. The maximum absolute atomic E-state index is 13.0. The molecule has 0 aliphatic carbocycles. The first-order chi connectivity index (χ1) is 15.6. The van der Waals surface area contributed by atoms with Crippen LogP contribution in [0.3, 0.4) is 0 Å². The standard InChI is InChI=1S/C25H27NO6/c1-2-14-30-25(29)17-6-8-18(9-7-17)32-22-16-31-24-19(23(22)28)10-11-21(27)20(24)15-26-12-4-3-5-13-26/h6-11,16,27H,2-5,12-15H2,1H3/p+1. The Hall–Kier alpha value is -3.32. The first kappa shape index (κ1) is 21.9. The van der Waals surface area contributed by atoms with Gasteiger partial charge in [-0.15, -0.1) is 0 Å². The average Bonchev–Trinajstić information content (AvgIpc) is 2.82. The molecule has 2 aromatic carbocycles. The van der Waals surface area contributed by atoms with Gasteiger partial charge in [0.1, 0.15) is 24.3 Å². The number of benzene rings is 2. The topological polar surface area (TPSA) is 90.4 Å². The molecule has 0 radical (unpaired) electrons. The van der Waals surface area contributed by atoms with Crippen molar-refractivity contribution in [2.24, 2.45) is 0 Å². The highest BCUT2D eigenvalue weighted by atomic mass is 16.5. The number of ether oxygens (including phenoxy) is 2. The highest BCUT2D eigenvalue weighted by Crippen LogP contribution is 2.28. The zero-order chi connectivity index (χ0) is 22.5. The molecule has 0 bridgehead atoms. The number of fused-ring (bicyclic) bond motifs is 1. The molecule has 168 valence electrons. The molecule has 1 aliphatic heterocycles. The lowest BCUT2D eigenvalue weighted by molar-refractivity contribution is -0.918. The van der Waals surface area contributed by atoms with Crippen molar-refractivity contribution in [2.45, 2.75) is 39.2 Å². The number of esters is 1. The zero-order valence-corrected chi connectivity index (χ0v) is 18.2. The monoisotopic (exact) mass is 438 g/mol. The second-order valence-corrected chi connectivity index (χ2v) is 8.12. The van der Waals surface area contributed by atoms with Crippen LogP contribution in [-0.4, -0.2) is 30.8 Å². The van der Waals surface area contributed by atoms with Gasteiger partial charge in [-0.3, -0.25) is 4.79 Å². The van der Waals surface area contributed by atoms with Gasteiger partial charge in [-0.05, 0) is 62.1 Å². The van der Waals surface area contributed by atoms with Crippen molar-refractivity contribution in [3.63, 3.8) is 0 Å². The molecule has 1 aromatic heterocycles. The normalized spacial score (nSPS) is 14.4. The van der Waals surface area contributed by atoms with E-state index in [0.29, 0.717) is 41.0 Å². The second kappa shape index (κ2) is 9.87. The summed E-state index contributed by atoms with van der Waals surface area (Å²) in [7, 11) is 0. The number of rotatable bonds is 7. The van der Waals surface area contributed by atoms with Gasteiger partial charge in [0, 0.05) is 0 Å². The molecule has 0 spiro atoms.